The lowest BCUT2D eigenvalue weighted by Gasteiger charge is -2.14. The van der Waals surface area contributed by atoms with Crippen molar-refractivity contribution in [3.63, 3.8) is 0 Å². The van der Waals surface area contributed by atoms with Crippen LogP contribution in [0.15, 0.2) is 36.2 Å². The van der Waals surface area contributed by atoms with Crippen LogP contribution in [0, 0.1) is 23.3 Å². The van der Waals surface area contributed by atoms with Crippen LogP contribution in [-0.2, 0) is 0 Å². The Morgan fingerprint density at radius 2 is 1.33 bits per heavy atom. The van der Waals surface area contributed by atoms with E-state index in [9.17, 15) is 26.3 Å². The summed E-state index contributed by atoms with van der Waals surface area (Å²) in [5.41, 5.74) is -2.03. The smallest absolute Gasteiger partial charge is 0.169 e. The monoisotopic (exact) mass is 300 g/mol. The molecule has 0 saturated carbocycles. The maximum atomic E-state index is 14.0. The molecule has 1 atom stereocenters. The third-order valence-electron chi connectivity index (χ3n) is 3.41. The molecule has 2 aromatic carbocycles. The first kappa shape index (κ1) is 13.7. The summed E-state index contributed by atoms with van der Waals surface area (Å²) in [5, 5.41) is 0. The average molecular weight is 300 g/mol. The zero-order chi connectivity index (χ0) is 15.3. The molecular weight excluding hydrogens is 294 g/mol. The number of rotatable bonds is 1. The van der Waals surface area contributed by atoms with Gasteiger partial charge in [0.15, 0.2) is 17.5 Å². The van der Waals surface area contributed by atoms with Gasteiger partial charge in [0.05, 0.1) is 11.5 Å². The van der Waals surface area contributed by atoms with Crippen LogP contribution in [0.4, 0.5) is 26.3 Å². The van der Waals surface area contributed by atoms with Gasteiger partial charge in [-0.25, -0.2) is 26.3 Å². The Morgan fingerprint density at radius 1 is 0.714 bits per heavy atom. The van der Waals surface area contributed by atoms with Crippen molar-refractivity contribution in [2.24, 2.45) is 0 Å². The average Bonchev–Trinajstić information content (AvgIpc) is 2.68. The molecule has 0 spiro atoms. The Hall–Kier alpha value is -2.24. The molecule has 0 aliphatic heterocycles. The van der Waals surface area contributed by atoms with Gasteiger partial charge in [-0.2, -0.15) is 0 Å². The van der Waals surface area contributed by atoms with Crippen molar-refractivity contribution in [2.45, 2.75) is 5.92 Å². The molecule has 0 aromatic heterocycles. The lowest BCUT2D eigenvalue weighted by atomic mass is 9.91. The summed E-state index contributed by atoms with van der Waals surface area (Å²) in [6, 6.07) is 4.39. The van der Waals surface area contributed by atoms with Gasteiger partial charge in [-0.3, -0.25) is 0 Å². The molecule has 0 bridgehead atoms. The van der Waals surface area contributed by atoms with E-state index in [1.54, 1.807) is 0 Å². The summed E-state index contributed by atoms with van der Waals surface area (Å²) >= 11 is 0. The van der Waals surface area contributed by atoms with Crippen LogP contribution >= 0.6 is 0 Å². The Bertz CT molecular complexity index is 758. The van der Waals surface area contributed by atoms with Gasteiger partial charge in [0, 0.05) is 5.56 Å². The largest absolute Gasteiger partial charge is 0.208 e. The predicted octanol–water partition coefficient (Wildman–Crippen LogP) is 5.00. The second kappa shape index (κ2) is 4.65. The summed E-state index contributed by atoms with van der Waals surface area (Å²) in [5.74, 6) is -10.1. The highest BCUT2D eigenvalue weighted by Gasteiger charge is 2.39. The highest BCUT2D eigenvalue weighted by molar-refractivity contribution is 5.74. The van der Waals surface area contributed by atoms with E-state index in [0.29, 0.717) is 6.07 Å². The van der Waals surface area contributed by atoms with Crippen molar-refractivity contribution in [2.75, 3.05) is 0 Å². The fourth-order valence-electron chi connectivity index (χ4n) is 2.48. The van der Waals surface area contributed by atoms with E-state index in [1.165, 1.54) is 0 Å². The number of halogens is 6. The second-order valence-electron chi connectivity index (χ2n) is 4.56. The first-order valence-electron chi connectivity index (χ1n) is 5.90. The second-order valence-corrected chi connectivity index (χ2v) is 4.56. The molecular formula is C15H6F6. The highest BCUT2D eigenvalue weighted by Crippen LogP contribution is 2.49. The van der Waals surface area contributed by atoms with Gasteiger partial charge in [0.2, 0.25) is 0 Å². The van der Waals surface area contributed by atoms with E-state index in [1.807, 2.05) is 0 Å². The number of hydrogen-bond donors (Lipinski definition) is 0. The van der Waals surface area contributed by atoms with Crippen molar-refractivity contribution >= 4 is 5.83 Å². The molecule has 3 rings (SSSR count). The minimum atomic E-state index is -1.77. The fraction of sp³-hybridized carbons (Fsp3) is 0.0667. The molecule has 0 radical (unpaired) electrons. The molecule has 0 heterocycles. The third-order valence-corrected chi connectivity index (χ3v) is 3.41. The summed E-state index contributed by atoms with van der Waals surface area (Å²) in [4.78, 5) is 0. The zero-order valence-corrected chi connectivity index (χ0v) is 10.2. The topological polar surface area (TPSA) is 0 Å². The van der Waals surface area contributed by atoms with Crippen LogP contribution in [0.5, 0.6) is 0 Å². The van der Waals surface area contributed by atoms with Crippen LogP contribution < -0.4 is 0 Å². The van der Waals surface area contributed by atoms with Crippen molar-refractivity contribution in [3.8, 4) is 0 Å². The number of allylic oxidation sites excluding steroid dienone is 1. The van der Waals surface area contributed by atoms with E-state index in [-0.39, 0.29) is 5.56 Å². The number of benzene rings is 2. The van der Waals surface area contributed by atoms with Crippen LogP contribution in [0.2, 0.25) is 0 Å². The molecule has 0 saturated heterocycles. The van der Waals surface area contributed by atoms with Gasteiger partial charge >= 0.3 is 0 Å². The van der Waals surface area contributed by atoms with Gasteiger partial charge in [0.1, 0.15) is 17.5 Å². The SMILES string of the molecule is FC1=C(F)C(c2c(F)cccc2F)c2ccc(F)c(F)c21. The van der Waals surface area contributed by atoms with E-state index in [4.69, 9.17) is 0 Å². The molecule has 0 fully saturated rings. The Balaban J connectivity index is 2.32. The van der Waals surface area contributed by atoms with Gasteiger partial charge in [-0.1, -0.05) is 12.1 Å². The molecule has 21 heavy (non-hydrogen) atoms. The molecule has 0 N–H and O–H groups in total. The number of hydrogen-bond acceptors (Lipinski definition) is 0. The molecule has 0 nitrogen and oxygen atoms in total. The normalized spacial score (nSPS) is 17.3. The van der Waals surface area contributed by atoms with E-state index in [0.717, 1.165) is 24.3 Å². The Labute approximate surface area is 115 Å². The van der Waals surface area contributed by atoms with Crippen LogP contribution in [0.3, 0.4) is 0 Å². The minimum absolute atomic E-state index is 0.354. The Morgan fingerprint density at radius 3 is 1.95 bits per heavy atom. The van der Waals surface area contributed by atoms with Crippen LogP contribution in [0.1, 0.15) is 22.6 Å². The lowest BCUT2D eigenvalue weighted by Crippen LogP contribution is -2.06. The van der Waals surface area contributed by atoms with E-state index < -0.39 is 52.0 Å². The molecule has 2 aromatic rings. The van der Waals surface area contributed by atoms with Crippen LogP contribution in [-0.4, -0.2) is 0 Å². The van der Waals surface area contributed by atoms with E-state index in [2.05, 4.69) is 0 Å². The molecule has 1 unspecified atom stereocenters. The predicted molar refractivity (Wildman–Crippen MR) is 63.7 cm³/mol. The number of fused-ring (bicyclic) bond motifs is 1. The third kappa shape index (κ3) is 1.86. The fourth-order valence-corrected chi connectivity index (χ4v) is 2.48. The molecule has 1 aliphatic carbocycles. The molecule has 0 amide bonds. The quantitative estimate of drug-likeness (QED) is 0.650. The standard InChI is InChI=1S/C15H6F6/c16-7-2-1-3-8(17)12(7)10-6-4-5-9(18)13(19)11(6)15(21)14(10)20/h1-5,10H. The van der Waals surface area contributed by atoms with Gasteiger partial charge in [0.25, 0.3) is 0 Å². The summed E-state index contributed by atoms with van der Waals surface area (Å²) in [7, 11) is 0. The van der Waals surface area contributed by atoms with Crippen LogP contribution in [0.25, 0.3) is 5.83 Å². The first-order valence-corrected chi connectivity index (χ1v) is 5.90. The minimum Gasteiger partial charge on any atom is -0.208 e. The maximum absolute atomic E-state index is 14.0. The first-order chi connectivity index (χ1) is 9.93. The zero-order valence-electron chi connectivity index (χ0n) is 10.2. The maximum Gasteiger partial charge on any atom is 0.169 e. The lowest BCUT2D eigenvalue weighted by molar-refractivity contribution is 0.502. The summed E-state index contributed by atoms with van der Waals surface area (Å²) in [6.45, 7) is 0. The van der Waals surface area contributed by atoms with Gasteiger partial charge in [-0.15, -0.1) is 0 Å². The van der Waals surface area contributed by atoms with Gasteiger partial charge in [-0.05, 0) is 23.8 Å². The molecule has 108 valence electrons. The van der Waals surface area contributed by atoms with E-state index >= 15 is 0 Å². The molecule has 1 aliphatic rings. The van der Waals surface area contributed by atoms with Crippen molar-refractivity contribution in [1.82, 2.24) is 0 Å². The summed E-state index contributed by atoms with van der Waals surface area (Å²) in [6.07, 6.45) is 0. The summed E-state index contributed by atoms with van der Waals surface area (Å²) < 4.78 is 82.1. The Kier molecular flexibility index (Phi) is 3.04. The van der Waals surface area contributed by atoms with Crippen molar-refractivity contribution in [3.05, 3.63) is 76.1 Å². The van der Waals surface area contributed by atoms with Crippen molar-refractivity contribution in [1.29, 1.82) is 0 Å². The van der Waals surface area contributed by atoms with Crippen molar-refractivity contribution < 1.29 is 26.3 Å². The molecule has 6 heteroatoms. The van der Waals surface area contributed by atoms with Gasteiger partial charge < -0.3 is 0 Å². The highest BCUT2D eigenvalue weighted by atomic mass is 19.2.